The molecule has 0 fully saturated rings. The first-order valence-corrected chi connectivity index (χ1v) is 5.83. The largest absolute Gasteiger partial charge is 0.350 e. The summed E-state index contributed by atoms with van der Waals surface area (Å²) in [6.45, 7) is 1.94. The van der Waals surface area contributed by atoms with E-state index < -0.39 is 6.03 Å². The van der Waals surface area contributed by atoms with Gasteiger partial charge in [0.25, 0.3) is 0 Å². The van der Waals surface area contributed by atoms with Gasteiger partial charge in [-0.25, -0.2) is 10.2 Å². The molecule has 1 aromatic rings. The summed E-state index contributed by atoms with van der Waals surface area (Å²) >= 11 is 0. The molecule has 0 saturated heterocycles. The van der Waals surface area contributed by atoms with E-state index in [0.29, 0.717) is 5.92 Å². The number of nitrogens with one attached hydrogen (secondary N) is 1. The van der Waals surface area contributed by atoms with Gasteiger partial charge in [-0.1, -0.05) is 24.3 Å². The number of aryl methyl sites for hydroxylation is 1. The highest BCUT2D eigenvalue weighted by Gasteiger charge is 2.20. The zero-order chi connectivity index (χ0) is 12.3. The monoisotopic (exact) mass is 231 g/mol. The van der Waals surface area contributed by atoms with Crippen molar-refractivity contribution in [3.63, 3.8) is 0 Å². The van der Waals surface area contributed by atoms with Crippen LogP contribution in [0.2, 0.25) is 0 Å². The molecule has 2 rings (SSSR count). The van der Waals surface area contributed by atoms with E-state index in [1.807, 2.05) is 6.92 Å². The van der Waals surface area contributed by atoms with E-state index in [1.165, 1.54) is 11.1 Å². The lowest BCUT2D eigenvalue weighted by Crippen LogP contribution is -2.28. The van der Waals surface area contributed by atoms with Crippen LogP contribution >= 0.6 is 0 Å². The number of carbonyl (C=O) groups excluding carboxylic acids is 1. The number of hydrogen-bond donors (Lipinski definition) is 2. The molecular formula is C13H17N3O. The Morgan fingerprint density at radius 1 is 1.41 bits per heavy atom. The maximum Gasteiger partial charge on any atom is 0.332 e. The maximum atomic E-state index is 10.6. The van der Waals surface area contributed by atoms with Gasteiger partial charge in [-0.3, -0.25) is 0 Å². The number of nitrogens with two attached hydrogens (primary N) is 1. The first-order valence-electron chi connectivity index (χ1n) is 5.83. The number of amides is 2. The number of primary amides is 1. The van der Waals surface area contributed by atoms with Crippen LogP contribution in [0.4, 0.5) is 4.79 Å². The highest BCUT2D eigenvalue weighted by atomic mass is 16.2. The third kappa shape index (κ3) is 2.84. The Bertz CT molecular complexity index is 454. The van der Waals surface area contributed by atoms with Crippen molar-refractivity contribution in [1.29, 1.82) is 0 Å². The fourth-order valence-corrected chi connectivity index (χ4v) is 2.29. The van der Waals surface area contributed by atoms with Crippen LogP contribution in [0, 0.1) is 5.92 Å². The average Bonchev–Trinajstić information content (AvgIpc) is 2.35. The quantitative estimate of drug-likeness (QED) is 0.592. The van der Waals surface area contributed by atoms with Crippen LogP contribution in [0.1, 0.15) is 24.5 Å². The summed E-state index contributed by atoms with van der Waals surface area (Å²) in [6, 6.07) is 7.88. The normalized spacial score (nSPS) is 19.6. The van der Waals surface area contributed by atoms with Crippen molar-refractivity contribution >= 4 is 11.7 Å². The summed E-state index contributed by atoms with van der Waals surface area (Å²) < 4.78 is 0. The van der Waals surface area contributed by atoms with E-state index in [1.54, 1.807) is 0 Å². The summed E-state index contributed by atoms with van der Waals surface area (Å²) in [5.74, 6) is 0.400. The van der Waals surface area contributed by atoms with E-state index >= 15 is 0 Å². The predicted octanol–water partition coefficient (Wildman–Crippen LogP) is 1.84. The summed E-state index contributed by atoms with van der Waals surface area (Å²) in [5, 5.41) is 4.01. The van der Waals surface area contributed by atoms with E-state index in [2.05, 4.69) is 34.8 Å². The molecular weight excluding hydrogens is 214 g/mol. The van der Waals surface area contributed by atoms with Crippen molar-refractivity contribution < 1.29 is 4.79 Å². The van der Waals surface area contributed by atoms with Gasteiger partial charge >= 0.3 is 6.03 Å². The minimum Gasteiger partial charge on any atom is -0.350 e. The molecule has 0 heterocycles. The van der Waals surface area contributed by atoms with Crippen LogP contribution in [0.5, 0.6) is 0 Å². The Morgan fingerprint density at radius 2 is 2.12 bits per heavy atom. The standard InChI is InChI=1S/C13H17N3O/c1-9(15-16-13(14)17)11-7-6-10-4-2-3-5-12(10)8-11/h2-5,11H,6-8H2,1H3,(H3,14,16,17)/b15-9-. The van der Waals surface area contributed by atoms with Crippen molar-refractivity contribution in [3.8, 4) is 0 Å². The molecule has 0 radical (unpaired) electrons. The third-order valence-electron chi connectivity index (χ3n) is 3.28. The van der Waals surface area contributed by atoms with Crippen LogP contribution in [-0.2, 0) is 12.8 Å². The first-order chi connectivity index (χ1) is 8.16. The Balaban J connectivity index is 2.07. The van der Waals surface area contributed by atoms with Crippen molar-refractivity contribution in [2.24, 2.45) is 16.8 Å². The number of hydrazone groups is 1. The minimum atomic E-state index is -0.611. The van der Waals surface area contributed by atoms with E-state index in [9.17, 15) is 4.79 Å². The zero-order valence-corrected chi connectivity index (χ0v) is 9.94. The summed E-state index contributed by atoms with van der Waals surface area (Å²) in [7, 11) is 0. The minimum absolute atomic E-state index is 0.400. The van der Waals surface area contributed by atoms with Gasteiger partial charge in [0.1, 0.15) is 0 Å². The number of benzene rings is 1. The van der Waals surface area contributed by atoms with Gasteiger partial charge in [0.2, 0.25) is 0 Å². The Kier molecular flexibility index (Phi) is 3.42. The number of nitrogens with zero attached hydrogens (tertiary/aromatic N) is 1. The molecule has 3 N–H and O–H groups in total. The fourth-order valence-electron chi connectivity index (χ4n) is 2.29. The highest BCUT2D eigenvalue weighted by molar-refractivity contribution is 5.86. The molecule has 0 aromatic heterocycles. The van der Waals surface area contributed by atoms with Gasteiger partial charge in [-0.15, -0.1) is 0 Å². The summed E-state index contributed by atoms with van der Waals surface area (Å²) in [6.07, 6.45) is 3.14. The summed E-state index contributed by atoms with van der Waals surface area (Å²) in [5.41, 5.74) is 11.0. The van der Waals surface area contributed by atoms with Crippen molar-refractivity contribution in [2.75, 3.05) is 0 Å². The molecule has 0 aliphatic heterocycles. The van der Waals surface area contributed by atoms with Crippen LogP contribution < -0.4 is 11.2 Å². The van der Waals surface area contributed by atoms with Gasteiger partial charge < -0.3 is 5.73 Å². The van der Waals surface area contributed by atoms with E-state index in [-0.39, 0.29) is 0 Å². The Morgan fingerprint density at radius 3 is 2.82 bits per heavy atom. The number of carbonyl (C=O) groups is 1. The smallest absolute Gasteiger partial charge is 0.332 e. The van der Waals surface area contributed by atoms with Gasteiger partial charge in [-0.2, -0.15) is 5.10 Å². The molecule has 1 aliphatic rings. The summed E-state index contributed by atoms with van der Waals surface area (Å²) in [4.78, 5) is 10.6. The lowest BCUT2D eigenvalue weighted by Gasteiger charge is -2.24. The van der Waals surface area contributed by atoms with Crippen LogP contribution in [-0.4, -0.2) is 11.7 Å². The predicted molar refractivity (Wildman–Crippen MR) is 67.8 cm³/mol. The van der Waals surface area contributed by atoms with Crippen molar-refractivity contribution in [1.82, 2.24) is 5.43 Å². The van der Waals surface area contributed by atoms with Crippen molar-refractivity contribution in [3.05, 3.63) is 35.4 Å². The molecule has 1 atom stereocenters. The molecule has 4 heteroatoms. The first kappa shape index (κ1) is 11.6. The second-order valence-corrected chi connectivity index (χ2v) is 4.44. The van der Waals surface area contributed by atoms with Gasteiger partial charge in [0.15, 0.2) is 0 Å². The van der Waals surface area contributed by atoms with Crippen LogP contribution in [0.15, 0.2) is 29.4 Å². The Hall–Kier alpha value is -1.84. The van der Waals surface area contributed by atoms with Gasteiger partial charge in [-0.05, 0) is 37.3 Å². The van der Waals surface area contributed by atoms with Crippen LogP contribution in [0.3, 0.4) is 0 Å². The molecule has 1 aliphatic carbocycles. The van der Waals surface area contributed by atoms with Gasteiger partial charge in [0, 0.05) is 11.6 Å². The molecule has 0 saturated carbocycles. The van der Waals surface area contributed by atoms with Crippen molar-refractivity contribution in [2.45, 2.75) is 26.2 Å². The van der Waals surface area contributed by atoms with E-state index in [0.717, 1.165) is 25.0 Å². The number of fused-ring (bicyclic) bond motifs is 1. The Labute approximate surface area is 101 Å². The molecule has 0 bridgehead atoms. The second-order valence-electron chi connectivity index (χ2n) is 4.44. The molecule has 90 valence electrons. The van der Waals surface area contributed by atoms with Crippen LogP contribution in [0.25, 0.3) is 0 Å². The number of hydrogen-bond acceptors (Lipinski definition) is 2. The highest BCUT2D eigenvalue weighted by Crippen LogP contribution is 2.26. The zero-order valence-electron chi connectivity index (χ0n) is 9.94. The van der Waals surface area contributed by atoms with E-state index in [4.69, 9.17) is 5.73 Å². The number of rotatable bonds is 2. The second kappa shape index (κ2) is 4.99. The average molecular weight is 231 g/mol. The lowest BCUT2D eigenvalue weighted by molar-refractivity contribution is 0.249. The molecule has 1 unspecified atom stereocenters. The fraction of sp³-hybridized carbons (Fsp3) is 0.385. The maximum absolute atomic E-state index is 10.6. The molecule has 4 nitrogen and oxygen atoms in total. The van der Waals surface area contributed by atoms with Gasteiger partial charge in [0.05, 0.1) is 0 Å². The third-order valence-corrected chi connectivity index (χ3v) is 3.28. The number of urea groups is 1. The molecule has 0 spiro atoms. The topological polar surface area (TPSA) is 67.5 Å². The SMILES string of the molecule is C/C(=N/NC(N)=O)C1CCc2ccccc2C1. The lowest BCUT2D eigenvalue weighted by atomic mass is 9.82. The molecule has 1 aromatic carbocycles. The molecule has 2 amide bonds. The molecule has 17 heavy (non-hydrogen) atoms.